The molecule has 100 valence electrons. The highest BCUT2D eigenvalue weighted by Gasteiger charge is 2.09. The van der Waals surface area contributed by atoms with Gasteiger partial charge in [0.25, 0.3) is 0 Å². The predicted molar refractivity (Wildman–Crippen MR) is 76.5 cm³/mol. The van der Waals surface area contributed by atoms with Crippen LogP contribution in [0.1, 0.15) is 12.0 Å². The van der Waals surface area contributed by atoms with Gasteiger partial charge in [0.15, 0.2) is 0 Å². The summed E-state index contributed by atoms with van der Waals surface area (Å²) in [6.07, 6.45) is 1.06. The quantitative estimate of drug-likeness (QED) is 0.631. The number of hydrogen-bond donors (Lipinski definition) is 1. The molecule has 18 heavy (non-hydrogen) atoms. The Kier molecular flexibility index (Phi) is 5.84. The van der Waals surface area contributed by atoms with Gasteiger partial charge >= 0.3 is 0 Å². The van der Waals surface area contributed by atoms with Crippen molar-refractivity contribution in [1.82, 2.24) is 4.90 Å². The van der Waals surface area contributed by atoms with Crippen molar-refractivity contribution >= 4 is 12.6 Å². The Morgan fingerprint density at radius 3 is 2.89 bits per heavy atom. The van der Waals surface area contributed by atoms with Crippen LogP contribution in [-0.2, 0) is 10.5 Å². The molecule has 0 atom stereocenters. The summed E-state index contributed by atoms with van der Waals surface area (Å²) in [6, 6.07) is 8.14. The van der Waals surface area contributed by atoms with Crippen molar-refractivity contribution < 1.29 is 9.47 Å². The highest BCUT2D eigenvalue weighted by Crippen LogP contribution is 2.14. The van der Waals surface area contributed by atoms with Crippen molar-refractivity contribution in [2.75, 3.05) is 39.5 Å². The topological polar surface area (TPSA) is 21.7 Å². The summed E-state index contributed by atoms with van der Waals surface area (Å²) < 4.78 is 11.1. The van der Waals surface area contributed by atoms with Crippen molar-refractivity contribution in [2.24, 2.45) is 0 Å². The van der Waals surface area contributed by atoms with E-state index >= 15 is 0 Å². The van der Waals surface area contributed by atoms with Crippen LogP contribution in [0.25, 0.3) is 0 Å². The average Bonchev–Trinajstić information content (AvgIpc) is 2.45. The molecule has 0 aromatic heterocycles. The highest BCUT2D eigenvalue weighted by molar-refractivity contribution is 7.79. The minimum Gasteiger partial charge on any atom is -0.494 e. The molecule has 2 rings (SSSR count). The Bertz CT molecular complexity index is 353. The zero-order valence-electron chi connectivity index (χ0n) is 10.7. The molecule has 1 fully saturated rings. The second-order valence-corrected chi connectivity index (χ2v) is 4.78. The Morgan fingerprint density at radius 1 is 1.28 bits per heavy atom. The van der Waals surface area contributed by atoms with Crippen molar-refractivity contribution in [1.29, 1.82) is 0 Å². The fourth-order valence-corrected chi connectivity index (χ4v) is 2.23. The van der Waals surface area contributed by atoms with Gasteiger partial charge in [0, 0.05) is 25.4 Å². The Balaban J connectivity index is 1.65. The lowest BCUT2D eigenvalue weighted by atomic mass is 10.2. The second-order valence-electron chi connectivity index (χ2n) is 4.46. The fraction of sp³-hybridized carbons (Fsp3) is 0.571. The summed E-state index contributed by atoms with van der Waals surface area (Å²) in [5.41, 5.74) is 1.20. The normalized spacial score (nSPS) is 16.7. The molecule has 0 unspecified atom stereocenters. The molecule has 1 saturated heterocycles. The van der Waals surface area contributed by atoms with Crippen molar-refractivity contribution in [3.8, 4) is 5.75 Å². The third-order valence-corrected chi connectivity index (χ3v) is 3.44. The predicted octanol–water partition coefficient (Wildman–Crippen LogP) is 2.22. The van der Waals surface area contributed by atoms with Gasteiger partial charge in [-0.25, -0.2) is 0 Å². The summed E-state index contributed by atoms with van der Waals surface area (Å²) >= 11 is 4.26. The fourth-order valence-electron chi connectivity index (χ4n) is 2.04. The number of thiol groups is 1. The van der Waals surface area contributed by atoms with Crippen LogP contribution in [0.5, 0.6) is 5.75 Å². The first-order valence-corrected chi connectivity index (χ1v) is 7.14. The number of benzene rings is 1. The third-order valence-electron chi connectivity index (χ3n) is 3.07. The second kappa shape index (κ2) is 7.67. The maximum absolute atomic E-state index is 5.75. The van der Waals surface area contributed by atoms with Gasteiger partial charge in [0.05, 0.1) is 19.8 Å². The van der Waals surface area contributed by atoms with Crippen LogP contribution in [0.4, 0.5) is 0 Å². The molecule has 1 heterocycles. The van der Waals surface area contributed by atoms with Gasteiger partial charge in [-0.15, -0.1) is 0 Å². The van der Waals surface area contributed by atoms with Crippen molar-refractivity contribution in [3.05, 3.63) is 29.8 Å². The molecular weight excluding hydrogens is 246 g/mol. The lowest BCUT2D eigenvalue weighted by Gasteiger charge is -2.26. The molecule has 1 aliphatic rings. The smallest absolute Gasteiger partial charge is 0.119 e. The lowest BCUT2D eigenvalue weighted by molar-refractivity contribution is 0.0358. The average molecular weight is 267 g/mol. The van der Waals surface area contributed by atoms with E-state index in [-0.39, 0.29) is 0 Å². The zero-order chi connectivity index (χ0) is 12.6. The van der Waals surface area contributed by atoms with Gasteiger partial charge in [-0.3, -0.25) is 4.90 Å². The first-order chi connectivity index (χ1) is 8.88. The molecule has 0 N–H and O–H groups in total. The maximum atomic E-state index is 5.75. The van der Waals surface area contributed by atoms with E-state index in [1.165, 1.54) is 5.56 Å². The van der Waals surface area contributed by atoms with Gasteiger partial charge in [-0.2, -0.15) is 12.6 Å². The molecule has 4 heteroatoms. The number of ether oxygens (including phenoxy) is 2. The Hall–Kier alpha value is -0.710. The van der Waals surface area contributed by atoms with E-state index in [1.807, 2.05) is 12.1 Å². The number of hydrogen-bond acceptors (Lipinski definition) is 4. The lowest BCUT2D eigenvalue weighted by Crippen LogP contribution is -2.37. The van der Waals surface area contributed by atoms with Gasteiger partial charge in [0.2, 0.25) is 0 Å². The van der Waals surface area contributed by atoms with Gasteiger partial charge in [-0.05, 0) is 24.1 Å². The summed E-state index contributed by atoms with van der Waals surface area (Å²) in [4.78, 5) is 2.43. The molecule has 1 aromatic rings. The minimum absolute atomic E-state index is 0.755. The Labute approximate surface area is 114 Å². The molecule has 0 saturated carbocycles. The van der Waals surface area contributed by atoms with E-state index < -0.39 is 0 Å². The van der Waals surface area contributed by atoms with E-state index in [4.69, 9.17) is 9.47 Å². The highest BCUT2D eigenvalue weighted by atomic mass is 32.1. The maximum Gasteiger partial charge on any atom is 0.119 e. The summed E-state index contributed by atoms with van der Waals surface area (Å²) in [7, 11) is 0. The number of rotatable bonds is 6. The first-order valence-electron chi connectivity index (χ1n) is 6.51. The molecular formula is C14H21NO2S. The molecule has 3 nitrogen and oxygen atoms in total. The van der Waals surface area contributed by atoms with Gasteiger partial charge < -0.3 is 9.47 Å². The molecule has 1 aromatic carbocycles. The van der Waals surface area contributed by atoms with Crippen LogP contribution in [0.3, 0.4) is 0 Å². The molecule has 0 radical (unpaired) electrons. The molecule has 0 amide bonds. The van der Waals surface area contributed by atoms with Crippen LogP contribution in [0, 0.1) is 0 Å². The monoisotopic (exact) mass is 267 g/mol. The van der Waals surface area contributed by atoms with Crippen LogP contribution in [-0.4, -0.2) is 44.4 Å². The molecule has 1 aliphatic heterocycles. The Morgan fingerprint density at radius 2 is 2.11 bits per heavy atom. The van der Waals surface area contributed by atoms with Crippen molar-refractivity contribution in [2.45, 2.75) is 12.2 Å². The van der Waals surface area contributed by atoms with Crippen LogP contribution >= 0.6 is 12.6 Å². The minimum atomic E-state index is 0.755. The number of morpholine rings is 1. The van der Waals surface area contributed by atoms with E-state index in [1.54, 1.807) is 0 Å². The summed E-state index contributed by atoms with van der Waals surface area (Å²) in [6.45, 7) is 5.70. The number of nitrogens with zero attached hydrogens (tertiary/aromatic N) is 1. The molecule has 0 aliphatic carbocycles. The summed E-state index contributed by atoms with van der Waals surface area (Å²) in [5, 5.41) is 0. The van der Waals surface area contributed by atoms with E-state index in [9.17, 15) is 0 Å². The standard InChI is InChI=1S/C14H21NO2S/c18-12-13-3-1-4-14(11-13)17-8-2-5-15-6-9-16-10-7-15/h1,3-4,11,18H,2,5-10,12H2. The first kappa shape index (κ1) is 13.7. The van der Waals surface area contributed by atoms with E-state index in [0.29, 0.717) is 0 Å². The summed E-state index contributed by atoms with van der Waals surface area (Å²) in [5.74, 6) is 1.70. The van der Waals surface area contributed by atoms with E-state index in [2.05, 4.69) is 29.7 Å². The zero-order valence-corrected chi connectivity index (χ0v) is 11.6. The third kappa shape index (κ3) is 4.52. The van der Waals surface area contributed by atoms with Crippen LogP contribution in [0.15, 0.2) is 24.3 Å². The van der Waals surface area contributed by atoms with Crippen LogP contribution in [0.2, 0.25) is 0 Å². The van der Waals surface area contributed by atoms with Gasteiger partial charge in [0.1, 0.15) is 5.75 Å². The van der Waals surface area contributed by atoms with Crippen molar-refractivity contribution in [3.63, 3.8) is 0 Å². The van der Waals surface area contributed by atoms with Gasteiger partial charge in [-0.1, -0.05) is 12.1 Å². The SMILES string of the molecule is SCc1cccc(OCCCN2CCOCC2)c1. The van der Waals surface area contributed by atoms with Crippen LogP contribution < -0.4 is 4.74 Å². The largest absolute Gasteiger partial charge is 0.494 e. The molecule has 0 bridgehead atoms. The van der Waals surface area contributed by atoms with E-state index in [0.717, 1.165) is 57.4 Å². The molecule has 0 spiro atoms.